The zero-order chi connectivity index (χ0) is 29.4. The molecule has 0 spiro atoms. The number of carbonyl (C=O) groups excluding carboxylic acids is 2. The Balaban J connectivity index is 1.59. The van der Waals surface area contributed by atoms with E-state index in [1.807, 2.05) is 43.3 Å². The molecule has 3 unspecified atom stereocenters. The summed E-state index contributed by atoms with van der Waals surface area (Å²) < 4.78 is 0. The Morgan fingerprint density at radius 2 is 1.51 bits per heavy atom. The van der Waals surface area contributed by atoms with Crippen molar-refractivity contribution < 1.29 is 9.59 Å². The summed E-state index contributed by atoms with van der Waals surface area (Å²) in [4.78, 5) is 28.0. The summed E-state index contributed by atoms with van der Waals surface area (Å²) in [6.45, 7) is 3.67. The van der Waals surface area contributed by atoms with Crippen molar-refractivity contribution in [3.05, 3.63) is 70.8 Å². The van der Waals surface area contributed by atoms with Crippen LogP contribution in [0.3, 0.4) is 0 Å². The highest BCUT2D eigenvalue weighted by Crippen LogP contribution is 2.29. The minimum atomic E-state index is -0.696. The molecular weight excluding hydrogens is 514 g/mol. The van der Waals surface area contributed by atoms with Crippen molar-refractivity contribution in [3.63, 3.8) is 0 Å². The van der Waals surface area contributed by atoms with Crippen molar-refractivity contribution in [2.75, 3.05) is 13.1 Å². The molecule has 220 valence electrons. The molecule has 0 aromatic heterocycles. The second-order valence-electron chi connectivity index (χ2n) is 11.7. The van der Waals surface area contributed by atoms with Crippen molar-refractivity contribution >= 4 is 23.5 Å². The third-order valence-electron chi connectivity index (χ3n) is 8.66. The van der Waals surface area contributed by atoms with Gasteiger partial charge in [0.2, 0.25) is 11.8 Å². The van der Waals surface area contributed by atoms with Crippen LogP contribution in [0.25, 0.3) is 0 Å². The van der Waals surface area contributed by atoms with Crippen LogP contribution >= 0.6 is 0 Å². The smallest absolute Gasteiger partial charge is 0.243 e. The molecular formula is C32H45N7O2. The molecule has 41 heavy (non-hydrogen) atoms. The Kier molecular flexibility index (Phi) is 10.5. The van der Waals surface area contributed by atoms with Gasteiger partial charge in [-0.15, -0.1) is 0 Å². The molecule has 1 saturated carbocycles. The number of benzene rings is 2. The standard InChI is InChI=1S/C32H45N7O2/c1-20-6-5-9-25(18-20)26(19-21-10-12-24(13-11-21)29(33)34)31(40)39-28(22-7-3-2-4-8-22)32(41)38-27(30(35)36)23-14-16-37-17-15-23/h5-6,9-13,18,22-23,26-28,37H,2-4,7-8,14-17,19H2,1H3,(H3,33,34)(H3,35,36)(H,38,41)(H,39,40). The summed E-state index contributed by atoms with van der Waals surface area (Å²) in [6.07, 6.45) is 7.04. The number of nitrogens with two attached hydrogens (primary N) is 2. The van der Waals surface area contributed by atoms with Gasteiger partial charge in [-0.25, -0.2) is 0 Å². The number of carbonyl (C=O) groups is 2. The van der Waals surface area contributed by atoms with Crippen LogP contribution in [-0.4, -0.2) is 48.7 Å². The van der Waals surface area contributed by atoms with Gasteiger partial charge in [0.05, 0.1) is 12.0 Å². The van der Waals surface area contributed by atoms with E-state index in [0.29, 0.717) is 12.0 Å². The van der Waals surface area contributed by atoms with E-state index in [-0.39, 0.29) is 35.3 Å². The molecule has 4 rings (SSSR count). The first-order valence-corrected chi connectivity index (χ1v) is 14.9. The quantitative estimate of drug-likeness (QED) is 0.165. The molecule has 3 atom stereocenters. The van der Waals surface area contributed by atoms with Crippen molar-refractivity contribution in [3.8, 4) is 0 Å². The van der Waals surface area contributed by atoms with E-state index < -0.39 is 18.0 Å². The maximum atomic E-state index is 14.1. The van der Waals surface area contributed by atoms with E-state index >= 15 is 0 Å². The summed E-state index contributed by atoms with van der Waals surface area (Å²) in [6, 6.07) is 14.1. The van der Waals surface area contributed by atoms with Crippen LogP contribution in [0, 0.1) is 29.6 Å². The lowest BCUT2D eigenvalue weighted by atomic mass is 9.82. The van der Waals surface area contributed by atoms with Gasteiger partial charge in [-0.2, -0.15) is 0 Å². The minimum absolute atomic E-state index is 0.000724. The second kappa shape index (κ2) is 14.3. The molecule has 0 radical (unpaired) electrons. The number of hydrogen-bond acceptors (Lipinski definition) is 5. The molecule has 2 aromatic rings. The molecule has 2 aromatic carbocycles. The van der Waals surface area contributed by atoms with E-state index in [0.717, 1.165) is 74.7 Å². The highest BCUT2D eigenvalue weighted by atomic mass is 16.2. The average Bonchev–Trinajstić information content (AvgIpc) is 2.98. The Labute approximate surface area is 243 Å². The normalized spacial score (nSPS) is 18.6. The molecule has 9 heteroatoms. The first-order chi connectivity index (χ1) is 19.7. The molecule has 2 fully saturated rings. The van der Waals surface area contributed by atoms with Crippen LogP contribution in [0.2, 0.25) is 0 Å². The fraction of sp³-hybridized carbons (Fsp3) is 0.500. The van der Waals surface area contributed by atoms with Crippen molar-refractivity contribution in [2.45, 2.75) is 76.3 Å². The fourth-order valence-corrected chi connectivity index (χ4v) is 6.29. The van der Waals surface area contributed by atoms with Crippen LogP contribution in [0.15, 0.2) is 48.5 Å². The number of hydrogen-bond donors (Lipinski definition) is 7. The van der Waals surface area contributed by atoms with Gasteiger partial charge in [-0.05, 0) is 75.1 Å². The van der Waals surface area contributed by atoms with Crippen LogP contribution in [0.4, 0.5) is 0 Å². The summed E-state index contributed by atoms with van der Waals surface area (Å²) in [5.41, 5.74) is 15.1. The van der Waals surface area contributed by atoms with Gasteiger partial charge in [-0.3, -0.25) is 20.4 Å². The number of nitrogens with one attached hydrogen (secondary N) is 5. The van der Waals surface area contributed by atoms with Gasteiger partial charge in [0.1, 0.15) is 17.7 Å². The second-order valence-corrected chi connectivity index (χ2v) is 11.7. The van der Waals surface area contributed by atoms with E-state index in [1.165, 1.54) is 0 Å². The molecule has 1 saturated heterocycles. The topological polar surface area (TPSA) is 170 Å². The van der Waals surface area contributed by atoms with E-state index in [1.54, 1.807) is 12.1 Å². The van der Waals surface area contributed by atoms with Crippen LogP contribution in [0.5, 0.6) is 0 Å². The highest BCUT2D eigenvalue weighted by Gasteiger charge is 2.36. The van der Waals surface area contributed by atoms with Gasteiger partial charge in [0.15, 0.2) is 0 Å². The molecule has 1 aliphatic carbocycles. The number of amidine groups is 2. The predicted octanol–water partition coefficient (Wildman–Crippen LogP) is 3.09. The summed E-state index contributed by atoms with van der Waals surface area (Å²) >= 11 is 0. The van der Waals surface area contributed by atoms with Crippen LogP contribution < -0.4 is 27.4 Å². The summed E-state index contributed by atoms with van der Waals surface area (Å²) in [5, 5.41) is 25.5. The number of piperidine rings is 1. The minimum Gasteiger partial charge on any atom is -0.386 e. The van der Waals surface area contributed by atoms with E-state index in [2.05, 4.69) is 16.0 Å². The Hall–Kier alpha value is -3.72. The lowest BCUT2D eigenvalue weighted by Crippen LogP contribution is -2.58. The molecule has 1 aliphatic heterocycles. The number of rotatable bonds is 11. The Morgan fingerprint density at radius 1 is 0.878 bits per heavy atom. The first kappa shape index (κ1) is 30.2. The largest absolute Gasteiger partial charge is 0.386 e. The summed E-state index contributed by atoms with van der Waals surface area (Å²) in [7, 11) is 0. The monoisotopic (exact) mass is 559 g/mol. The van der Waals surface area contributed by atoms with Gasteiger partial charge in [-0.1, -0.05) is 73.4 Å². The number of nitrogen functional groups attached to an aromatic ring is 1. The van der Waals surface area contributed by atoms with Crippen molar-refractivity contribution in [1.82, 2.24) is 16.0 Å². The van der Waals surface area contributed by atoms with E-state index in [9.17, 15) is 9.59 Å². The first-order valence-electron chi connectivity index (χ1n) is 14.9. The SMILES string of the molecule is Cc1cccc(C(Cc2ccc(C(=N)N)cc2)C(=O)NC(C(=O)NC(C(=N)N)C2CCNCC2)C2CCCCC2)c1. The Bertz CT molecular complexity index is 1220. The van der Waals surface area contributed by atoms with Crippen molar-refractivity contribution in [1.29, 1.82) is 10.8 Å². The fourth-order valence-electron chi connectivity index (χ4n) is 6.29. The summed E-state index contributed by atoms with van der Waals surface area (Å²) in [5.74, 6) is -0.870. The maximum absolute atomic E-state index is 14.1. The molecule has 9 N–H and O–H groups in total. The maximum Gasteiger partial charge on any atom is 0.243 e. The third-order valence-corrected chi connectivity index (χ3v) is 8.66. The van der Waals surface area contributed by atoms with Gasteiger partial charge in [0, 0.05) is 5.56 Å². The molecule has 0 bridgehead atoms. The Morgan fingerprint density at radius 3 is 2.12 bits per heavy atom. The van der Waals surface area contributed by atoms with Gasteiger partial charge >= 0.3 is 0 Å². The average molecular weight is 560 g/mol. The molecule has 2 aliphatic rings. The highest BCUT2D eigenvalue weighted by molar-refractivity contribution is 5.95. The lowest BCUT2D eigenvalue weighted by Gasteiger charge is -2.35. The molecule has 9 nitrogen and oxygen atoms in total. The van der Waals surface area contributed by atoms with Crippen molar-refractivity contribution in [2.24, 2.45) is 23.3 Å². The number of aryl methyl sites for hydroxylation is 1. The van der Waals surface area contributed by atoms with Gasteiger partial charge in [0.25, 0.3) is 0 Å². The van der Waals surface area contributed by atoms with Gasteiger partial charge < -0.3 is 27.4 Å². The number of amides is 2. The molecule has 1 heterocycles. The van der Waals surface area contributed by atoms with Crippen LogP contribution in [-0.2, 0) is 16.0 Å². The van der Waals surface area contributed by atoms with E-state index in [4.69, 9.17) is 22.3 Å². The lowest BCUT2D eigenvalue weighted by molar-refractivity contribution is -0.131. The zero-order valence-corrected chi connectivity index (χ0v) is 24.0. The van der Waals surface area contributed by atoms with Crippen LogP contribution in [0.1, 0.15) is 73.1 Å². The molecule has 2 amide bonds. The predicted molar refractivity (Wildman–Crippen MR) is 163 cm³/mol. The third kappa shape index (κ3) is 8.16. The zero-order valence-electron chi connectivity index (χ0n) is 24.0.